The van der Waals surface area contributed by atoms with Gasteiger partial charge >= 0.3 is 0 Å². The van der Waals surface area contributed by atoms with Crippen LogP contribution in [-0.2, 0) is 0 Å². The monoisotopic (exact) mass is 282 g/mol. The van der Waals surface area contributed by atoms with Crippen LogP contribution in [-0.4, -0.2) is 17.6 Å². The molecular formula is C11H11BrN2O2. The number of halogens is 1. The lowest BCUT2D eigenvalue weighted by Crippen LogP contribution is -2.23. The van der Waals surface area contributed by atoms with Gasteiger partial charge in [-0.2, -0.15) is 0 Å². The van der Waals surface area contributed by atoms with Crippen molar-refractivity contribution in [1.29, 1.82) is 0 Å². The smallest absolute Gasteiger partial charge is 0.290 e. The summed E-state index contributed by atoms with van der Waals surface area (Å²) in [4.78, 5) is 11.7. The SMILES string of the molecule is CCCNC(=O)c1onc2cc(Br)ccc12. The molecule has 1 aromatic heterocycles. The molecule has 5 heteroatoms. The van der Waals surface area contributed by atoms with Crippen LogP contribution in [0.15, 0.2) is 27.2 Å². The molecule has 1 aromatic carbocycles. The van der Waals surface area contributed by atoms with Gasteiger partial charge in [0, 0.05) is 11.0 Å². The maximum Gasteiger partial charge on any atom is 0.290 e. The molecule has 0 spiro atoms. The van der Waals surface area contributed by atoms with Crippen molar-refractivity contribution in [3.05, 3.63) is 28.4 Å². The Hall–Kier alpha value is -1.36. The number of benzene rings is 1. The van der Waals surface area contributed by atoms with Gasteiger partial charge in [0.1, 0.15) is 5.52 Å². The minimum atomic E-state index is -0.216. The second kappa shape index (κ2) is 4.65. The van der Waals surface area contributed by atoms with E-state index in [1.54, 1.807) is 0 Å². The van der Waals surface area contributed by atoms with Crippen LogP contribution >= 0.6 is 15.9 Å². The molecule has 2 rings (SSSR count). The molecule has 2 aromatic rings. The molecule has 0 unspecified atom stereocenters. The van der Waals surface area contributed by atoms with Gasteiger partial charge in [0.05, 0.1) is 5.39 Å². The first-order chi connectivity index (χ1) is 7.72. The van der Waals surface area contributed by atoms with Gasteiger partial charge in [0.2, 0.25) is 5.76 Å². The Morgan fingerprint density at radius 3 is 3.12 bits per heavy atom. The number of amides is 1. The van der Waals surface area contributed by atoms with Crippen molar-refractivity contribution in [2.24, 2.45) is 0 Å². The third-order valence-corrected chi connectivity index (χ3v) is 2.67. The Balaban J connectivity index is 2.34. The first-order valence-electron chi connectivity index (χ1n) is 5.05. The topological polar surface area (TPSA) is 55.1 Å². The number of rotatable bonds is 3. The lowest BCUT2D eigenvalue weighted by Gasteiger charge is -1.99. The summed E-state index contributed by atoms with van der Waals surface area (Å²) in [6, 6.07) is 5.49. The minimum Gasteiger partial charge on any atom is -0.350 e. The molecule has 1 amide bonds. The highest BCUT2D eigenvalue weighted by Gasteiger charge is 2.15. The Morgan fingerprint density at radius 1 is 1.56 bits per heavy atom. The average molecular weight is 283 g/mol. The van der Waals surface area contributed by atoms with Crippen LogP contribution in [0.3, 0.4) is 0 Å². The highest BCUT2D eigenvalue weighted by Crippen LogP contribution is 2.22. The van der Waals surface area contributed by atoms with E-state index in [1.807, 2.05) is 25.1 Å². The van der Waals surface area contributed by atoms with Crippen LogP contribution in [0.5, 0.6) is 0 Å². The van der Waals surface area contributed by atoms with Gasteiger partial charge in [-0.15, -0.1) is 0 Å². The standard InChI is InChI=1S/C11H11BrN2O2/c1-2-5-13-11(15)10-8-4-3-7(12)6-9(8)14-16-10/h3-4,6H,2,5H2,1H3,(H,13,15). The summed E-state index contributed by atoms with van der Waals surface area (Å²) >= 11 is 3.34. The Bertz CT molecular complexity index is 522. The van der Waals surface area contributed by atoms with Crippen molar-refractivity contribution in [3.63, 3.8) is 0 Å². The molecule has 0 radical (unpaired) electrons. The summed E-state index contributed by atoms with van der Waals surface area (Å²) < 4.78 is 5.96. The second-order valence-electron chi connectivity index (χ2n) is 3.43. The fourth-order valence-electron chi connectivity index (χ4n) is 1.40. The van der Waals surface area contributed by atoms with Crippen LogP contribution in [0.2, 0.25) is 0 Å². The van der Waals surface area contributed by atoms with Crippen molar-refractivity contribution >= 4 is 32.7 Å². The molecule has 0 fully saturated rings. The normalized spacial score (nSPS) is 10.6. The van der Waals surface area contributed by atoms with E-state index in [0.717, 1.165) is 16.3 Å². The Labute approximate surface area is 101 Å². The fraction of sp³-hybridized carbons (Fsp3) is 0.273. The predicted octanol–water partition coefficient (Wildman–Crippen LogP) is 2.73. The van der Waals surface area contributed by atoms with E-state index in [-0.39, 0.29) is 11.7 Å². The second-order valence-corrected chi connectivity index (χ2v) is 4.34. The van der Waals surface area contributed by atoms with Crippen LogP contribution in [0.25, 0.3) is 10.9 Å². The number of nitrogens with zero attached hydrogens (tertiary/aromatic N) is 1. The molecule has 16 heavy (non-hydrogen) atoms. The van der Waals surface area contributed by atoms with Crippen LogP contribution in [0.1, 0.15) is 23.9 Å². The first-order valence-corrected chi connectivity index (χ1v) is 5.85. The fourth-order valence-corrected chi connectivity index (χ4v) is 1.75. The summed E-state index contributed by atoms with van der Waals surface area (Å²) in [6.07, 6.45) is 0.892. The Kier molecular flexibility index (Phi) is 3.24. The summed E-state index contributed by atoms with van der Waals surface area (Å²) in [5.41, 5.74) is 0.677. The highest BCUT2D eigenvalue weighted by molar-refractivity contribution is 9.10. The number of fused-ring (bicyclic) bond motifs is 1. The van der Waals surface area contributed by atoms with Gasteiger partial charge in [0.25, 0.3) is 5.91 Å². The molecule has 0 aliphatic carbocycles. The molecule has 0 aliphatic rings. The van der Waals surface area contributed by atoms with E-state index in [1.165, 1.54) is 0 Å². The van der Waals surface area contributed by atoms with Crippen LogP contribution in [0.4, 0.5) is 0 Å². The molecule has 84 valence electrons. The Morgan fingerprint density at radius 2 is 2.38 bits per heavy atom. The van der Waals surface area contributed by atoms with E-state index in [0.29, 0.717) is 12.1 Å². The summed E-state index contributed by atoms with van der Waals surface area (Å²) in [5, 5.41) is 7.33. The molecule has 1 N–H and O–H groups in total. The van der Waals surface area contributed by atoms with Crippen molar-refractivity contribution in [2.75, 3.05) is 6.54 Å². The van der Waals surface area contributed by atoms with E-state index in [2.05, 4.69) is 26.4 Å². The largest absolute Gasteiger partial charge is 0.350 e. The maximum absolute atomic E-state index is 11.7. The predicted molar refractivity (Wildman–Crippen MR) is 64.3 cm³/mol. The maximum atomic E-state index is 11.7. The van der Waals surface area contributed by atoms with Crippen LogP contribution in [0, 0.1) is 0 Å². The molecule has 0 saturated heterocycles. The first kappa shape index (κ1) is 11.1. The number of hydrogen-bond acceptors (Lipinski definition) is 3. The third-order valence-electron chi connectivity index (χ3n) is 2.18. The molecule has 0 atom stereocenters. The van der Waals surface area contributed by atoms with Crippen molar-refractivity contribution in [3.8, 4) is 0 Å². The molecule has 0 bridgehead atoms. The van der Waals surface area contributed by atoms with Gasteiger partial charge < -0.3 is 9.84 Å². The van der Waals surface area contributed by atoms with E-state index in [9.17, 15) is 4.79 Å². The minimum absolute atomic E-state index is 0.216. The highest BCUT2D eigenvalue weighted by atomic mass is 79.9. The van der Waals surface area contributed by atoms with Crippen molar-refractivity contribution in [1.82, 2.24) is 10.5 Å². The molecule has 4 nitrogen and oxygen atoms in total. The van der Waals surface area contributed by atoms with Gasteiger partial charge in [-0.25, -0.2) is 0 Å². The molecule has 1 heterocycles. The number of carbonyl (C=O) groups is 1. The zero-order chi connectivity index (χ0) is 11.5. The molecule has 0 aliphatic heterocycles. The quantitative estimate of drug-likeness (QED) is 0.942. The van der Waals surface area contributed by atoms with Crippen molar-refractivity contribution < 1.29 is 9.32 Å². The molecular weight excluding hydrogens is 272 g/mol. The number of aromatic nitrogens is 1. The van der Waals surface area contributed by atoms with Gasteiger partial charge in [-0.3, -0.25) is 4.79 Å². The number of carbonyl (C=O) groups excluding carboxylic acids is 1. The number of nitrogens with one attached hydrogen (secondary N) is 1. The van der Waals surface area contributed by atoms with Gasteiger partial charge in [-0.1, -0.05) is 28.0 Å². The summed E-state index contributed by atoms with van der Waals surface area (Å²) in [7, 11) is 0. The summed E-state index contributed by atoms with van der Waals surface area (Å²) in [6.45, 7) is 2.63. The zero-order valence-corrected chi connectivity index (χ0v) is 10.4. The zero-order valence-electron chi connectivity index (χ0n) is 8.79. The summed E-state index contributed by atoms with van der Waals surface area (Å²) in [5.74, 6) is 0.0580. The number of hydrogen-bond donors (Lipinski definition) is 1. The van der Waals surface area contributed by atoms with Crippen LogP contribution < -0.4 is 5.32 Å². The van der Waals surface area contributed by atoms with E-state index < -0.39 is 0 Å². The van der Waals surface area contributed by atoms with Gasteiger partial charge in [0.15, 0.2) is 0 Å². The van der Waals surface area contributed by atoms with E-state index in [4.69, 9.17) is 4.52 Å². The average Bonchev–Trinajstić information content (AvgIpc) is 2.68. The van der Waals surface area contributed by atoms with E-state index >= 15 is 0 Å². The lowest BCUT2D eigenvalue weighted by atomic mass is 10.2. The third kappa shape index (κ3) is 2.09. The molecule has 0 saturated carbocycles. The van der Waals surface area contributed by atoms with Gasteiger partial charge in [-0.05, 0) is 24.6 Å². The lowest BCUT2D eigenvalue weighted by molar-refractivity contribution is 0.0919. The van der Waals surface area contributed by atoms with Crippen molar-refractivity contribution in [2.45, 2.75) is 13.3 Å².